The molecule has 7 heteroatoms. The molecular formula is C12H19ClN6. The third-order valence-electron chi connectivity index (χ3n) is 3.30. The Hall–Kier alpha value is -1.37. The van der Waals surface area contributed by atoms with Gasteiger partial charge >= 0.3 is 0 Å². The number of rotatable bonds is 4. The number of aryl methyl sites for hydroxylation is 1. The van der Waals surface area contributed by atoms with Gasteiger partial charge in [-0.3, -0.25) is 15.2 Å². The van der Waals surface area contributed by atoms with Gasteiger partial charge in [0, 0.05) is 24.3 Å². The van der Waals surface area contributed by atoms with E-state index in [2.05, 4.69) is 29.5 Å². The topological polar surface area (TPSA) is 73.7 Å². The van der Waals surface area contributed by atoms with Gasteiger partial charge in [-0.25, -0.2) is 5.43 Å². The minimum Gasteiger partial charge on any atom is -0.273 e. The second-order valence-electron chi connectivity index (χ2n) is 4.82. The van der Waals surface area contributed by atoms with Crippen LogP contribution in [-0.4, -0.2) is 19.6 Å². The number of aromatic nitrogens is 4. The van der Waals surface area contributed by atoms with Crippen molar-refractivity contribution in [2.45, 2.75) is 32.9 Å². The lowest BCUT2D eigenvalue weighted by atomic mass is 10.1. The lowest BCUT2D eigenvalue weighted by Gasteiger charge is -2.20. The first-order valence-corrected chi connectivity index (χ1v) is 6.52. The predicted molar refractivity (Wildman–Crippen MR) is 74.7 cm³/mol. The molecule has 0 bridgehead atoms. The third kappa shape index (κ3) is 2.39. The van der Waals surface area contributed by atoms with Crippen LogP contribution >= 0.6 is 11.6 Å². The molecule has 0 radical (unpaired) electrons. The van der Waals surface area contributed by atoms with Crippen LogP contribution in [0.4, 0.5) is 0 Å². The maximum absolute atomic E-state index is 6.27. The van der Waals surface area contributed by atoms with E-state index in [9.17, 15) is 0 Å². The van der Waals surface area contributed by atoms with Crippen molar-refractivity contribution in [2.24, 2.45) is 12.9 Å². The molecule has 1 atom stereocenters. The van der Waals surface area contributed by atoms with E-state index in [0.717, 1.165) is 17.0 Å². The number of nitrogens with zero attached hydrogens (tertiary/aromatic N) is 4. The first kappa shape index (κ1) is 14.0. The van der Waals surface area contributed by atoms with Crippen LogP contribution in [0.15, 0.2) is 12.4 Å². The van der Waals surface area contributed by atoms with Crippen molar-refractivity contribution in [3.63, 3.8) is 0 Å². The van der Waals surface area contributed by atoms with E-state index in [1.165, 1.54) is 0 Å². The second-order valence-corrected chi connectivity index (χ2v) is 5.23. The van der Waals surface area contributed by atoms with Gasteiger partial charge in [-0.1, -0.05) is 11.6 Å². The van der Waals surface area contributed by atoms with Crippen molar-refractivity contribution in [3.05, 3.63) is 34.4 Å². The molecule has 0 amide bonds. The predicted octanol–water partition coefficient (Wildman–Crippen LogP) is 1.71. The average Bonchev–Trinajstić information content (AvgIpc) is 2.89. The van der Waals surface area contributed by atoms with E-state index in [4.69, 9.17) is 17.4 Å². The summed E-state index contributed by atoms with van der Waals surface area (Å²) >= 11 is 6.27. The number of hydrogen-bond acceptors (Lipinski definition) is 4. The molecule has 0 fully saturated rings. The van der Waals surface area contributed by atoms with E-state index in [1.54, 1.807) is 12.4 Å². The van der Waals surface area contributed by atoms with Gasteiger partial charge in [0.25, 0.3) is 0 Å². The summed E-state index contributed by atoms with van der Waals surface area (Å²) in [6.07, 6.45) is 3.45. The first-order chi connectivity index (χ1) is 8.97. The van der Waals surface area contributed by atoms with Gasteiger partial charge in [-0.2, -0.15) is 10.2 Å². The highest BCUT2D eigenvalue weighted by Crippen LogP contribution is 2.30. The van der Waals surface area contributed by atoms with Crippen LogP contribution in [0.2, 0.25) is 5.02 Å². The number of nitrogens with two attached hydrogens (primary N) is 1. The van der Waals surface area contributed by atoms with Gasteiger partial charge in [0.1, 0.15) is 0 Å². The second kappa shape index (κ2) is 5.32. The molecule has 2 rings (SSSR count). The fraction of sp³-hybridized carbons (Fsp3) is 0.500. The molecule has 3 N–H and O–H groups in total. The van der Waals surface area contributed by atoms with Crippen molar-refractivity contribution in [3.8, 4) is 0 Å². The molecule has 0 spiro atoms. The standard InChI is InChI=1S/C12H19ClN6/c1-7(2)19-12(10(13)6-16-19)11(17-14)9-5-15-18(4)8(9)3/h5-7,11,17H,14H2,1-4H3. The summed E-state index contributed by atoms with van der Waals surface area (Å²) < 4.78 is 3.68. The first-order valence-electron chi connectivity index (χ1n) is 6.14. The van der Waals surface area contributed by atoms with Crippen molar-refractivity contribution in [2.75, 3.05) is 0 Å². The molecule has 0 saturated carbocycles. The Labute approximate surface area is 117 Å². The van der Waals surface area contributed by atoms with E-state index < -0.39 is 0 Å². The van der Waals surface area contributed by atoms with Crippen LogP contribution in [0, 0.1) is 6.92 Å². The van der Waals surface area contributed by atoms with Gasteiger partial charge in [-0.05, 0) is 20.8 Å². The molecule has 2 aromatic heterocycles. The molecule has 0 aliphatic heterocycles. The average molecular weight is 283 g/mol. The zero-order valence-corrected chi connectivity index (χ0v) is 12.3. The lowest BCUT2D eigenvalue weighted by Crippen LogP contribution is -2.31. The van der Waals surface area contributed by atoms with Crippen LogP contribution in [0.1, 0.15) is 42.9 Å². The summed E-state index contributed by atoms with van der Waals surface area (Å²) in [5, 5.41) is 9.15. The summed E-state index contributed by atoms with van der Waals surface area (Å²) in [5.74, 6) is 5.73. The van der Waals surface area contributed by atoms with E-state index in [0.29, 0.717) is 5.02 Å². The fourth-order valence-corrected chi connectivity index (χ4v) is 2.39. The van der Waals surface area contributed by atoms with Crippen molar-refractivity contribution in [1.29, 1.82) is 0 Å². The largest absolute Gasteiger partial charge is 0.273 e. The SMILES string of the molecule is Cc1c(C(NN)c2c(Cl)cnn2C(C)C)cnn1C. The maximum atomic E-state index is 6.27. The molecular weight excluding hydrogens is 264 g/mol. The van der Waals surface area contributed by atoms with Crippen LogP contribution in [0.25, 0.3) is 0 Å². The van der Waals surface area contributed by atoms with Crippen LogP contribution < -0.4 is 11.3 Å². The van der Waals surface area contributed by atoms with Crippen molar-refractivity contribution in [1.82, 2.24) is 25.0 Å². The highest BCUT2D eigenvalue weighted by molar-refractivity contribution is 6.31. The van der Waals surface area contributed by atoms with Crippen LogP contribution in [0.5, 0.6) is 0 Å². The monoisotopic (exact) mass is 282 g/mol. The summed E-state index contributed by atoms with van der Waals surface area (Å²) in [6, 6.07) is -0.0265. The molecule has 104 valence electrons. The van der Waals surface area contributed by atoms with E-state index in [-0.39, 0.29) is 12.1 Å². The van der Waals surface area contributed by atoms with Gasteiger partial charge in [-0.15, -0.1) is 0 Å². The zero-order chi connectivity index (χ0) is 14.2. The molecule has 1 unspecified atom stereocenters. The fourth-order valence-electron chi connectivity index (χ4n) is 2.15. The minimum absolute atomic E-state index is 0.204. The number of hydrogen-bond donors (Lipinski definition) is 2. The highest BCUT2D eigenvalue weighted by Gasteiger charge is 2.25. The molecule has 0 aliphatic rings. The number of hydrazine groups is 1. The van der Waals surface area contributed by atoms with Crippen LogP contribution in [0.3, 0.4) is 0 Å². The number of halogens is 1. The zero-order valence-electron chi connectivity index (χ0n) is 11.6. The smallest absolute Gasteiger partial charge is 0.0926 e. The van der Waals surface area contributed by atoms with Gasteiger partial charge in [0.05, 0.1) is 29.2 Å². The quantitative estimate of drug-likeness (QED) is 0.661. The third-order valence-corrected chi connectivity index (χ3v) is 3.59. The maximum Gasteiger partial charge on any atom is 0.0926 e. The Morgan fingerprint density at radius 1 is 1.32 bits per heavy atom. The summed E-state index contributed by atoms with van der Waals surface area (Å²) in [5.41, 5.74) is 5.70. The van der Waals surface area contributed by atoms with Crippen molar-refractivity contribution < 1.29 is 0 Å². The molecule has 6 nitrogen and oxygen atoms in total. The summed E-state index contributed by atoms with van der Waals surface area (Å²) in [6.45, 7) is 6.10. The summed E-state index contributed by atoms with van der Waals surface area (Å²) in [7, 11) is 1.90. The van der Waals surface area contributed by atoms with Crippen LogP contribution in [-0.2, 0) is 7.05 Å². The Morgan fingerprint density at radius 3 is 2.47 bits per heavy atom. The Morgan fingerprint density at radius 2 is 2.00 bits per heavy atom. The Balaban J connectivity index is 2.54. The van der Waals surface area contributed by atoms with E-state index in [1.807, 2.05) is 23.3 Å². The molecule has 0 aromatic carbocycles. The lowest BCUT2D eigenvalue weighted by molar-refractivity contribution is 0.475. The number of nitrogens with one attached hydrogen (secondary N) is 1. The molecule has 0 saturated heterocycles. The van der Waals surface area contributed by atoms with E-state index >= 15 is 0 Å². The van der Waals surface area contributed by atoms with Gasteiger partial charge in [0.2, 0.25) is 0 Å². The molecule has 19 heavy (non-hydrogen) atoms. The van der Waals surface area contributed by atoms with Gasteiger partial charge < -0.3 is 0 Å². The highest BCUT2D eigenvalue weighted by atomic mass is 35.5. The van der Waals surface area contributed by atoms with Crippen molar-refractivity contribution >= 4 is 11.6 Å². The molecule has 2 heterocycles. The molecule has 2 aromatic rings. The molecule has 0 aliphatic carbocycles. The normalized spacial score (nSPS) is 13.2. The summed E-state index contributed by atoms with van der Waals surface area (Å²) in [4.78, 5) is 0. The Kier molecular flexibility index (Phi) is 3.93. The minimum atomic E-state index is -0.230. The Bertz CT molecular complexity index is 571. The van der Waals surface area contributed by atoms with Gasteiger partial charge in [0.15, 0.2) is 0 Å².